The van der Waals surface area contributed by atoms with Crippen LogP contribution in [0.4, 0.5) is 16.2 Å². The minimum Gasteiger partial charge on any atom is -0.447 e. The summed E-state index contributed by atoms with van der Waals surface area (Å²) in [6.07, 6.45) is 1.79. The van der Waals surface area contributed by atoms with Crippen LogP contribution >= 0.6 is 0 Å². The van der Waals surface area contributed by atoms with Gasteiger partial charge in [0, 0.05) is 17.7 Å². The fourth-order valence-electron chi connectivity index (χ4n) is 2.52. The van der Waals surface area contributed by atoms with E-state index in [0.717, 1.165) is 0 Å². The lowest BCUT2D eigenvalue weighted by Crippen LogP contribution is -2.23. The van der Waals surface area contributed by atoms with Gasteiger partial charge < -0.3 is 14.6 Å². The lowest BCUT2D eigenvalue weighted by atomic mass is 10.1. The van der Waals surface area contributed by atoms with Gasteiger partial charge in [-0.3, -0.25) is 9.69 Å². The number of hydrogen-bond donors (Lipinski definition) is 1. The number of benzene rings is 1. The molecule has 1 aliphatic heterocycles. The summed E-state index contributed by atoms with van der Waals surface area (Å²) in [5.41, 5.74) is 1.65. The lowest BCUT2D eigenvalue weighted by Gasteiger charge is -2.13. The van der Waals surface area contributed by atoms with E-state index in [1.54, 1.807) is 24.3 Å². The summed E-state index contributed by atoms with van der Waals surface area (Å²) in [4.78, 5) is 25.6. The van der Waals surface area contributed by atoms with Gasteiger partial charge in [0.15, 0.2) is 5.76 Å². The van der Waals surface area contributed by atoms with Crippen LogP contribution in [0.5, 0.6) is 0 Å². The average Bonchev–Trinajstić information content (AvgIpc) is 3.16. The average molecular weight is 329 g/mol. The fourth-order valence-corrected chi connectivity index (χ4v) is 2.52. The number of carbonyl (C=O) groups excluding carboxylic acids is 2. The van der Waals surface area contributed by atoms with Gasteiger partial charge in [-0.25, -0.2) is 4.79 Å². The first kappa shape index (κ1) is 16.0. The van der Waals surface area contributed by atoms with Crippen molar-refractivity contribution in [1.82, 2.24) is 5.16 Å². The Morgan fingerprint density at radius 2 is 2.25 bits per heavy atom. The fraction of sp³-hybridized carbons (Fsp3) is 0.353. The highest BCUT2D eigenvalue weighted by atomic mass is 16.6. The number of amides is 2. The van der Waals surface area contributed by atoms with E-state index < -0.39 is 6.09 Å². The Morgan fingerprint density at radius 3 is 2.96 bits per heavy atom. The highest BCUT2D eigenvalue weighted by molar-refractivity contribution is 6.05. The quantitative estimate of drug-likeness (QED) is 0.911. The van der Waals surface area contributed by atoms with Crippen LogP contribution in [0.2, 0.25) is 0 Å². The summed E-state index contributed by atoms with van der Waals surface area (Å²) >= 11 is 0. The number of ether oxygens (including phenoxy) is 1. The normalized spacial score (nSPS) is 14.1. The molecule has 0 bridgehead atoms. The molecule has 7 nitrogen and oxygen atoms in total. The Labute approximate surface area is 139 Å². The minimum atomic E-state index is -0.397. The van der Waals surface area contributed by atoms with E-state index in [9.17, 15) is 9.59 Å². The van der Waals surface area contributed by atoms with Gasteiger partial charge in [0.2, 0.25) is 0 Å². The molecular formula is C17H19N3O4. The van der Waals surface area contributed by atoms with Crippen molar-refractivity contribution in [2.24, 2.45) is 5.92 Å². The maximum absolute atomic E-state index is 12.5. The molecule has 2 aromatic rings. The Hall–Kier alpha value is -2.83. The summed E-state index contributed by atoms with van der Waals surface area (Å²) < 4.78 is 10.1. The smallest absolute Gasteiger partial charge is 0.414 e. The third-order valence-corrected chi connectivity index (χ3v) is 3.67. The molecule has 24 heavy (non-hydrogen) atoms. The van der Waals surface area contributed by atoms with Crippen LogP contribution in [-0.4, -0.2) is 30.3 Å². The first-order valence-corrected chi connectivity index (χ1v) is 7.84. The van der Waals surface area contributed by atoms with E-state index in [2.05, 4.69) is 24.3 Å². The second kappa shape index (κ2) is 6.74. The molecule has 0 atom stereocenters. The Kier molecular flexibility index (Phi) is 4.50. The van der Waals surface area contributed by atoms with Gasteiger partial charge in [0.25, 0.3) is 5.91 Å². The molecule has 0 radical (unpaired) electrons. The molecule has 126 valence electrons. The molecule has 0 spiro atoms. The van der Waals surface area contributed by atoms with Gasteiger partial charge in [0.1, 0.15) is 12.3 Å². The highest BCUT2D eigenvalue weighted by Crippen LogP contribution is 2.22. The van der Waals surface area contributed by atoms with Crippen LogP contribution in [0, 0.1) is 5.92 Å². The van der Waals surface area contributed by atoms with Gasteiger partial charge in [-0.2, -0.15) is 0 Å². The van der Waals surface area contributed by atoms with Crippen molar-refractivity contribution in [3.05, 3.63) is 41.8 Å². The third kappa shape index (κ3) is 3.40. The largest absolute Gasteiger partial charge is 0.447 e. The van der Waals surface area contributed by atoms with Gasteiger partial charge in [0.05, 0.1) is 12.7 Å². The van der Waals surface area contributed by atoms with Crippen LogP contribution in [0.3, 0.4) is 0 Å². The van der Waals surface area contributed by atoms with Crippen LogP contribution in [0.25, 0.3) is 0 Å². The number of anilines is 2. The predicted octanol–water partition coefficient (Wildman–Crippen LogP) is 3.08. The number of hydrogen-bond acceptors (Lipinski definition) is 5. The maximum atomic E-state index is 12.5. The van der Waals surface area contributed by atoms with E-state index in [1.807, 2.05) is 0 Å². The molecule has 3 rings (SSSR count). The monoisotopic (exact) mass is 329 g/mol. The molecule has 1 N–H and O–H groups in total. The standard InChI is InChI=1S/C17H19N3O4/c1-11(2)8-15-14(10-18-24-15)19-16(21)12-4-3-5-13(9-12)20-6-7-23-17(20)22/h3-5,9-11H,6-8H2,1-2H3,(H,19,21). The molecule has 1 aliphatic rings. The lowest BCUT2D eigenvalue weighted by molar-refractivity contribution is 0.102. The van der Waals surface area contributed by atoms with E-state index in [-0.39, 0.29) is 5.91 Å². The van der Waals surface area contributed by atoms with E-state index in [4.69, 9.17) is 9.26 Å². The molecule has 1 saturated heterocycles. The topological polar surface area (TPSA) is 84.7 Å². The zero-order valence-electron chi connectivity index (χ0n) is 13.6. The summed E-state index contributed by atoms with van der Waals surface area (Å²) in [6.45, 7) is 4.96. The van der Waals surface area contributed by atoms with Crippen molar-refractivity contribution in [2.75, 3.05) is 23.4 Å². The zero-order valence-corrected chi connectivity index (χ0v) is 13.6. The summed E-state index contributed by atoms with van der Waals surface area (Å²) in [6, 6.07) is 6.86. The second-order valence-electron chi connectivity index (χ2n) is 6.03. The summed E-state index contributed by atoms with van der Waals surface area (Å²) in [5, 5.41) is 6.56. The maximum Gasteiger partial charge on any atom is 0.414 e. The van der Waals surface area contributed by atoms with Crippen LogP contribution in [-0.2, 0) is 11.2 Å². The summed E-state index contributed by atoms with van der Waals surface area (Å²) in [7, 11) is 0. The molecular weight excluding hydrogens is 310 g/mol. The number of carbonyl (C=O) groups is 2. The van der Waals surface area contributed by atoms with Gasteiger partial charge in [-0.15, -0.1) is 0 Å². The van der Waals surface area contributed by atoms with Gasteiger partial charge in [-0.1, -0.05) is 25.1 Å². The van der Waals surface area contributed by atoms with Crippen molar-refractivity contribution in [1.29, 1.82) is 0 Å². The van der Waals surface area contributed by atoms with Crippen LogP contribution in [0.15, 0.2) is 35.0 Å². The highest BCUT2D eigenvalue weighted by Gasteiger charge is 2.24. The van der Waals surface area contributed by atoms with Crippen molar-refractivity contribution in [3.63, 3.8) is 0 Å². The molecule has 2 heterocycles. The van der Waals surface area contributed by atoms with Gasteiger partial charge >= 0.3 is 6.09 Å². The Balaban J connectivity index is 1.76. The second-order valence-corrected chi connectivity index (χ2v) is 6.03. The summed E-state index contributed by atoms with van der Waals surface area (Å²) in [5.74, 6) is 0.758. The molecule has 1 aromatic carbocycles. The molecule has 0 unspecified atom stereocenters. The predicted molar refractivity (Wildman–Crippen MR) is 88.1 cm³/mol. The van der Waals surface area contributed by atoms with Crippen molar-refractivity contribution < 1.29 is 18.8 Å². The van der Waals surface area contributed by atoms with E-state index >= 15 is 0 Å². The van der Waals surface area contributed by atoms with Gasteiger partial charge in [-0.05, 0) is 24.1 Å². The number of cyclic esters (lactones) is 1. The van der Waals surface area contributed by atoms with Crippen molar-refractivity contribution in [3.8, 4) is 0 Å². The van der Waals surface area contributed by atoms with Crippen LogP contribution < -0.4 is 10.2 Å². The number of nitrogens with one attached hydrogen (secondary N) is 1. The van der Waals surface area contributed by atoms with Crippen LogP contribution in [0.1, 0.15) is 30.0 Å². The molecule has 0 aliphatic carbocycles. The third-order valence-electron chi connectivity index (χ3n) is 3.67. The molecule has 2 amide bonds. The number of aromatic nitrogens is 1. The minimum absolute atomic E-state index is 0.280. The van der Waals surface area contributed by atoms with Crippen molar-refractivity contribution in [2.45, 2.75) is 20.3 Å². The molecule has 0 saturated carbocycles. The SMILES string of the molecule is CC(C)Cc1oncc1NC(=O)c1cccc(N2CCOC2=O)c1. The molecule has 7 heteroatoms. The first-order chi connectivity index (χ1) is 11.5. The molecule has 1 aromatic heterocycles. The number of nitrogens with zero attached hydrogens (tertiary/aromatic N) is 2. The van der Waals surface area contributed by atoms with Crippen molar-refractivity contribution >= 4 is 23.4 Å². The Morgan fingerprint density at radius 1 is 1.42 bits per heavy atom. The first-order valence-electron chi connectivity index (χ1n) is 7.84. The zero-order chi connectivity index (χ0) is 17.1. The number of rotatable bonds is 5. The Bertz CT molecular complexity index is 754. The molecule has 1 fully saturated rings. The van der Waals surface area contributed by atoms with E-state index in [0.29, 0.717) is 48.2 Å². The van der Waals surface area contributed by atoms with E-state index in [1.165, 1.54) is 11.1 Å².